The molecule has 1 atom stereocenters. The molecule has 0 aromatic heterocycles. The molecule has 1 aromatic carbocycles. The van der Waals surface area contributed by atoms with Crippen molar-refractivity contribution < 1.29 is 24.3 Å². The summed E-state index contributed by atoms with van der Waals surface area (Å²) in [4.78, 5) is 14.6. The first kappa shape index (κ1) is 17.7. The van der Waals surface area contributed by atoms with Crippen molar-refractivity contribution in [3.8, 4) is 0 Å². The fourth-order valence-corrected chi connectivity index (χ4v) is 2.70. The number of nitrogens with one attached hydrogen (secondary N) is 1. The number of rotatable bonds is 7. The van der Waals surface area contributed by atoms with E-state index >= 15 is 0 Å². The van der Waals surface area contributed by atoms with E-state index in [1.165, 1.54) is 4.90 Å². The van der Waals surface area contributed by atoms with E-state index in [-0.39, 0.29) is 6.09 Å². The molecule has 1 aliphatic heterocycles. The summed E-state index contributed by atoms with van der Waals surface area (Å²) in [5, 5.41) is 10.1. The number of carbonyl (C=O) groups is 1. The maximum absolute atomic E-state index is 11.6. The average molecular weight is 323 g/mol. The second-order valence-corrected chi connectivity index (χ2v) is 5.79. The summed E-state index contributed by atoms with van der Waals surface area (Å²) in [6.45, 7) is 6.71. The molecule has 2 N–H and O–H groups in total. The lowest BCUT2D eigenvalue weighted by Crippen LogP contribution is -3.15. The Bertz CT molecular complexity index is 461. The molecule has 1 saturated heterocycles. The highest BCUT2D eigenvalue weighted by Gasteiger charge is 2.25. The van der Waals surface area contributed by atoms with Crippen LogP contribution < -0.4 is 4.90 Å². The zero-order valence-corrected chi connectivity index (χ0v) is 13.7. The van der Waals surface area contributed by atoms with Crippen LogP contribution in [0.2, 0.25) is 0 Å². The van der Waals surface area contributed by atoms with Crippen molar-refractivity contribution in [3.63, 3.8) is 0 Å². The fraction of sp³-hybridized carbons (Fsp3) is 0.588. The molecule has 1 heterocycles. The smallest absolute Gasteiger partial charge is 0.410 e. The summed E-state index contributed by atoms with van der Waals surface area (Å²) in [6.07, 6.45) is -0.721. The fourth-order valence-electron chi connectivity index (χ4n) is 2.70. The minimum Gasteiger partial charge on any atom is -0.450 e. The minimum atomic E-state index is -0.483. The second-order valence-electron chi connectivity index (χ2n) is 5.79. The number of benzene rings is 1. The molecule has 23 heavy (non-hydrogen) atoms. The topological polar surface area (TPSA) is 63.4 Å². The van der Waals surface area contributed by atoms with E-state index in [0.717, 1.165) is 18.7 Å². The van der Waals surface area contributed by atoms with Crippen molar-refractivity contribution in [2.75, 3.05) is 45.9 Å². The van der Waals surface area contributed by atoms with Gasteiger partial charge in [0.05, 0.1) is 46.0 Å². The molecule has 6 heteroatoms. The Hall–Kier alpha value is -1.63. The van der Waals surface area contributed by atoms with E-state index in [0.29, 0.717) is 39.5 Å². The Morgan fingerprint density at radius 2 is 2.00 bits per heavy atom. The summed E-state index contributed by atoms with van der Waals surface area (Å²) in [7, 11) is 0. The minimum absolute atomic E-state index is 0.238. The van der Waals surface area contributed by atoms with Gasteiger partial charge in [0.1, 0.15) is 12.6 Å². The Labute approximate surface area is 137 Å². The van der Waals surface area contributed by atoms with Gasteiger partial charge in [-0.3, -0.25) is 4.90 Å². The molecule has 1 fully saturated rings. The van der Waals surface area contributed by atoms with Crippen molar-refractivity contribution >= 4 is 6.09 Å². The standard InChI is InChI=1S/C17H26N2O4/c1-2-23-17(21)19-10-8-18(9-11-19)12-16(20)14-22-13-15-6-4-3-5-7-15/h3-7,16,20H,2,8-14H2,1H3/p+1/t16-/m0/s1. The zero-order chi connectivity index (χ0) is 16.5. The Balaban J connectivity index is 1.61. The van der Waals surface area contributed by atoms with E-state index < -0.39 is 6.10 Å². The van der Waals surface area contributed by atoms with Gasteiger partial charge in [-0.1, -0.05) is 30.3 Å². The largest absolute Gasteiger partial charge is 0.450 e. The summed E-state index contributed by atoms with van der Waals surface area (Å²) in [5.41, 5.74) is 1.11. The number of aliphatic hydroxyl groups excluding tert-OH is 1. The van der Waals surface area contributed by atoms with Gasteiger partial charge in [0.15, 0.2) is 0 Å². The van der Waals surface area contributed by atoms with Crippen LogP contribution in [0.1, 0.15) is 12.5 Å². The predicted molar refractivity (Wildman–Crippen MR) is 86.3 cm³/mol. The van der Waals surface area contributed by atoms with Crippen LogP contribution in [0.15, 0.2) is 30.3 Å². The molecule has 1 amide bonds. The maximum atomic E-state index is 11.6. The normalized spacial score (nSPS) is 17.0. The Morgan fingerprint density at radius 1 is 1.30 bits per heavy atom. The molecule has 0 saturated carbocycles. The SMILES string of the molecule is CCOC(=O)N1CC[NH+](C[C@H](O)COCc2ccccc2)CC1. The van der Waals surface area contributed by atoms with Gasteiger partial charge in [-0.05, 0) is 12.5 Å². The van der Waals surface area contributed by atoms with Crippen LogP contribution >= 0.6 is 0 Å². The molecule has 1 aromatic rings. The van der Waals surface area contributed by atoms with Crippen LogP contribution in [0.3, 0.4) is 0 Å². The van der Waals surface area contributed by atoms with Crippen molar-refractivity contribution in [1.29, 1.82) is 0 Å². The molecule has 2 rings (SSSR count). The number of nitrogens with zero attached hydrogens (tertiary/aromatic N) is 1. The summed E-state index contributed by atoms with van der Waals surface area (Å²) < 4.78 is 10.6. The molecule has 6 nitrogen and oxygen atoms in total. The van der Waals surface area contributed by atoms with Crippen molar-refractivity contribution in [2.24, 2.45) is 0 Å². The first-order valence-electron chi connectivity index (χ1n) is 8.24. The number of carbonyl (C=O) groups excluding carboxylic acids is 1. The van der Waals surface area contributed by atoms with E-state index in [9.17, 15) is 9.90 Å². The van der Waals surface area contributed by atoms with Crippen molar-refractivity contribution in [1.82, 2.24) is 4.90 Å². The molecule has 0 radical (unpaired) electrons. The van der Waals surface area contributed by atoms with Gasteiger partial charge in [-0.25, -0.2) is 4.79 Å². The highest BCUT2D eigenvalue weighted by molar-refractivity contribution is 5.67. The van der Waals surface area contributed by atoms with Gasteiger partial charge in [-0.2, -0.15) is 0 Å². The van der Waals surface area contributed by atoms with E-state index in [2.05, 4.69) is 0 Å². The molecule has 0 aliphatic carbocycles. The monoisotopic (exact) mass is 323 g/mol. The van der Waals surface area contributed by atoms with Crippen molar-refractivity contribution in [2.45, 2.75) is 19.6 Å². The quantitative estimate of drug-likeness (QED) is 0.737. The third-order valence-corrected chi connectivity index (χ3v) is 3.94. The van der Waals surface area contributed by atoms with Crippen LogP contribution in [0.25, 0.3) is 0 Å². The van der Waals surface area contributed by atoms with E-state index in [4.69, 9.17) is 9.47 Å². The Kier molecular flexibility index (Phi) is 7.32. The van der Waals surface area contributed by atoms with Gasteiger partial charge in [-0.15, -0.1) is 0 Å². The first-order chi connectivity index (χ1) is 11.2. The number of hydrogen-bond donors (Lipinski definition) is 2. The number of ether oxygens (including phenoxy) is 2. The molecule has 0 bridgehead atoms. The van der Waals surface area contributed by atoms with Gasteiger partial charge >= 0.3 is 6.09 Å². The summed E-state index contributed by atoms with van der Waals surface area (Å²) in [5.74, 6) is 0. The zero-order valence-electron chi connectivity index (χ0n) is 13.7. The average Bonchev–Trinajstić information content (AvgIpc) is 2.57. The third kappa shape index (κ3) is 6.17. The van der Waals surface area contributed by atoms with E-state index in [1.54, 1.807) is 4.90 Å². The third-order valence-electron chi connectivity index (χ3n) is 3.94. The van der Waals surface area contributed by atoms with Gasteiger partial charge in [0, 0.05) is 0 Å². The molecule has 0 unspecified atom stereocenters. The number of aliphatic hydroxyl groups is 1. The van der Waals surface area contributed by atoms with Crippen LogP contribution in [0.5, 0.6) is 0 Å². The lowest BCUT2D eigenvalue weighted by molar-refractivity contribution is -0.907. The molecule has 0 spiro atoms. The lowest BCUT2D eigenvalue weighted by Gasteiger charge is -2.32. The number of hydrogen-bond acceptors (Lipinski definition) is 4. The highest BCUT2D eigenvalue weighted by atomic mass is 16.6. The number of amides is 1. The summed E-state index contributed by atoms with van der Waals surface area (Å²) >= 11 is 0. The molecular weight excluding hydrogens is 296 g/mol. The number of quaternary nitrogens is 1. The maximum Gasteiger partial charge on any atom is 0.410 e. The first-order valence-corrected chi connectivity index (χ1v) is 8.24. The van der Waals surface area contributed by atoms with Crippen LogP contribution in [-0.2, 0) is 16.1 Å². The second kappa shape index (κ2) is 9.50. The predicted octanol–water partition coefficient (Wildman–Crippen LogP) is -0.0789. The van der Waals surface area contributed by atoms with Crippen LogP contribution in [0.4, 0.5) is 4.79 Å². The van der Waals surface area contributed by atoms with Crippen LogP contribution in [-0.4, -0.2) is 68.1 Å². The summed E-state index contributed by atoms with van der Waals surface area (Å²) in [6, 6.07) is 9.93. The Morgan fingerprint density at radius 3 is 2.65 bits per heavy atom. The van der Waals surface area contributed by atoms with Gasteiger partial charge in [0.25, 0.3) is 0 Å². The highest BCUT2D eigenvalue weighted by Crippen LogP contribution is 2.01. The van der Waals surface area contributed by atoms with Gasteiger partial charge < -0.3 is 19.5 Å². The molecule has 128 valence electrons. The van der Waals surface area contributed by atoms with Crippen LogP contribution in [0, 0.1) is 0 Å². The number of piperazine rings is 1. The lowest BCUT2D eigenvalue weighted by atomic mass is 10.2. The van der Waals surface area contributed by atoms with Gasteiger partial charge in [0.2, 0.25) is 0 Å². The molecular formula is C17H27N2O4+. The van der Waals surface area contributed by atoms with Crippen molar-refractivity contribution in [3.05, 3.63) is 35.9 Å². The molecule has 1 aliphatic rings. The van der Waals surface area contributed by atoms with E-state index in [1.807, 2.05) is 37.3 Å².